The molecular formula is C46H47F2N7O6. The first-order valence-corrected chi connectivity index (χ1v) is 21.0. The van der Waals surface area contributed by atoms with E-state index in [1.807, 2.05) is 6.07 Å². The van der Waals surface area contributed by atoms with Gasteiger partial charge in [-0.25, -0.2) is 8.78 Å². The van der Waals surface area contributed by atoms with Gasteiger partial charge in [-0.15, -0.1) is 0 Å². The number of aromatic nitrogens is 2. The largest absolute Gasteiger partial charge is 0.503 e. The van der Waals surface area contributed by atoms with Crippen molar-refractivity contribution in [2.45, 2.75) is 70.3 Å². The number of carbonyl (C=O) groups excluding carboxylic acids is 4. The number of nitrogens with zero attached hydrogens (tertiary/aromatic N) is 5. The van der Waals surface area contributed by atoms with Gasteiger partial charge >= 0.3 is 0 Å². The van der Waals surface area contributed by atoms with Crippen molar-refractivity contribution in [1.29, 1.82) is 0 Å². The Morgan fingerprint density at radius 1 is 0.885 bits per heavy atom. The smallest absolute Gasteiger partial charge is 0.255 e. The summed E-state index contributed by atoms with van der Waals surface area (Å²) in [5, 5.41) is 20.5. The molecular weight excluding hydrogens is 785 g/mol. The maximum atomic E-state index is 13.7. The molecule has 1 aromatic heterocycles. The number of aromatic hydroxyl groups is 1. The number of piperidine rings is 1. The molecule has 5 aromatic rings. The van der Waals surface area contributed by atoms with E-state index in [9.17, 15) is 33.1 Å². The molecule has 9 rings (SSSR count). The van der Waals surface area contributed by atoms with Crippen LogP contribution in [-0.4, -0.2) is 87.1 Å². The number of anilines is 1. The van der Waals surface area contributed by atoms with Gasteiger partial charge in [0.05, 0.1) is 18.1 Å². The molecule has 15 heteroatoms. The fourth-order valence-electron chi connectivity index (χ4n) is 9.07. The lowest BCUT2D eigenvalue weighted by Gasteiger charge is -2.36. The second-order valence-corrected chi connectivity index (χ2v) is 16.6. The predicted octanol–water partition coefficient (Wildman–Crippen LogP) is 5.84. The van der Waals surface area contributed by atoms with Crippen LogP contribution in [0.25, 0.3) is 10.9 Å². The topological polar surface area (TPSA) is 149 Å². The Labute approximate surface area is 351 Å². The molecule has 2 saturated heterocycles. The van der Waals surface area contributed by atoms with E-state index in [0.717, 1.165) is 98.3 Å². The van der Waals surface area contributed by atoms with Crippen LogP contribution in [0.2, 0.25) is 0 Å². The minimum absolute atomic E-state index is 0.157. The third kappa shape index (κ3) is 8.51. The molecule has 13 nitrogen and oxygen atoms in total. The number of ether oxygens (including phenoxy) is 1. The summed E-state index contributed by atoms with van der Waals surface area (Å²) >= 11 is 0. The molecule has 1 aliphatic carbocycles. The van der Waals surface area contributed by atoms with Gasteiger partial charge in [-0.1, -0.05) is 30.3 Å². The summed E-state index contributed by atoms with van der Waals surface area (Å²) < 4.78 is 35.7. The van der Waals surface area contributed by atoms with Gasteiger partial charge in [-0.3, -0.25) is 34.1 Å². The van der Waals surface area contributed by atoms with Crippen molar-refractivity contribution in [2.75, 3.05) is 37.6 Å². The summed E-state index contributed by atoms with van der Waals surface area (Å²) in [6.45, 7) is 5.52. The lowest BCUT2D eigenvalue weighted by molar-refractivity contribution is -0.136. The number of hydrogen-bond acceptors (Lipinski definition) is 9. The van der Waals surface area contributed by atoms with Crippen molar-refractivity contribution < 1.29 is 37.8 Å². The number of rotatable bonds is 11. The highest BCUT2D eigenvalue weighted by Crippen LogP contribution is 2.35. The third-order valence-electron chi connectivity index (χ3n) is 12.6. The zero-order valence-corrected chi connectivity index (χ0v) is 33.6. The molecule has 0 unspecified atom stereocenters. The molecule has 0 spiro atoms. The molecule has 316 valence electrons. The Balaban J connectivity index is 0.725. The van der Waals surface area contributed by atoms with E-state index >= 15 is 0 Å². The van der Waals surface area contributed by atoms with Gasteiger partial charge in [-0.2, -0.15) is 5.10 Å². The number of hydrogen-bond donors (Lipinski definition) is 3. The van der Waals surface area contributed by atoms with Gasteiger partial charge in [0.15, 0.2) is 17.4 Å². The Kier molecular flexibility index (Phi) is 11.1. The maximum absolute atomic E-state index is 13.7. The van der Waals surface area contributed by atoms with Gasteiger partial charge in [0.25, 0.3) is 11.8 Å². The van der Waals surface area contributed by atoms with Crippen LogP contribution in [-0.2, 0) is 29.3 Å². The summed E-state index contributed by atoms with van der Waals surface area (Å²) in [4.78, 5) is 56.2. The van der Waals surface area contributed by atoms with Crippen molar-refractivity contribution in [2.24, 2.45) is 5.92 Å². The van der Waals surface area contributed by atoms with E-state index < -0.39 is 35.2 Å². The normalized spacial score (nSPS) is 20.8. The summed E-state index contributed by atoms with van der Waals surface area (Å²) in [6, 6.07) is 21.6. The molecule has 1 saturated carbocycles. The van der Waals surface area contributed by atoms with Gasteiger partial charge in [0, 0.05) is 79.7 Å². The number of piperazine rings is 1. The zero-order valence-electron chi connectivity index (χ0n) is 33.6. The highest BCUT2D eigenvalue weighted by atomic mass is 19.1. The van der Waals surface area contributed by atoms with Gasteiger partial charge in [-0.05, 0) is 91.6 Å². The van der Waals surface area contributed by atoms with Crippen molar-refractivity contribution in [3.05, 3.63) is 118 Å². The second kappa shape index (κ2) is 17.0. The summed E-state index contributed by atoms with van der Waals surface area (Å²) in [6.07, 6.45) is 6.25. The van der Waals surface area contributed by atoms with Crippen LogP contribution in [0.3, 0.4) is 0 Å². The maximum Gasteiger partial charge on any atom is 0.255 e. The van der Waals surface area contributed by atoms with E-state index in [0.29, 0.717) is 30.9 Å². The van der Waals surface area contributed by atoms with Crippen LogP contribution < -0.4 is 20.3 Å². The number of phenolic OH excluding ortho intramolecular Hbond substituents is 1. The van der Waals surface area contributed by atoms with Crippen LogP contribution in [0.1, 0.15) is 82.0 Å². The lowest BCUT2D eigenvalue weighted by Crippen LogP contribution is -2.52. The fourth-order valence-corrected chi connectivity index (χ4v) is 9.07. The summed E-state index contributed by atoms with van der Waals surface area (Å²) in [7, 11) is 0. The van der Waals surface area contributed by atoms with Crippen LogP contribution >= 0.6 is 0 Å². The number of benzene rings is 4. The highest BCUT2D eigenvalue weighted by Gasteiger charge is 2.40. The minimum Gasteiger partial charge on any atom is -0.503 e. The fraction of sp³-hybridized carbons (Fsp3) is 0.370. The molecule has 4 heterocycles. The van der Waals surface area contributed by atoms with Crippen molar-refractivity contribution in [3.63, 3.8) is 0 Å². The third-order valence-corrected chi connectivity index (χ3v) is 12.6. The zero-order chi connectivity index (χ0) is 42.2. The molecule has 3 N–H and O–H groups in total. The quantitative estimate of drug-likeness (QED) is 0.140. The molecule has 0 bridgehead atoms. The Bertz CT molecular complexity index is 2470. The molecule has 0 radical (unpaired) electrons. The van der Waals surface area contributed by atoms with E-state index in [-0.39, 0.29) is 42.3 Å². The molecule has 4 aliphatic rings. The first-order chi connectivity index (χ1) is 29.6. The molecule has 1 atom stereocenters. The highest BCUT2D eigenvalue weighted by molar-refractivity contribution is 6.05. The molecule has 4 amide bonds. The van der Waals surface area contributed by atoms with Gasteiger partial charge in [0.2, 0.25) is 11.8 Å². The number of carbonyl (C=O) groups is 4. The standard InChI is InChI=1S/C46H47F2N7O6/c47-37-20-32(21-38(48)43(37)57)44(58)49-23-28-8-11-33(12-9-28)55-25-31-10-13-34(22-39(31)51-55)53-18-16-52(17-19-53)24-29-4-6-30(7-5-29)27-61-41-3-1-2-35-36(41)26-54(46(35)60)40-14-15-42(56)50-45(40)59/h1-7,10,13,20-22,25,28,33,40,57H,8-9,11-12,14-19,23-24,26-27H2,(H,49,58)(H,50,56,59)/t28?,33?,40-/m1/s1. The molecule has 4 aromatic carbocycles. The predicted molar refractivity (Wildman–Crippen MR) is 222 cm³/mol. The number of fused-ring (bicyclic) bond motifs is 2. The van der Waals surface area contributed by atoms with Gasteiger partial charge in [0.1, 0.15) is 18.4 Å². The summed E-state index contributed by atoms with van der Waals surface area (Å²) in [5.74, 6) is -4.07. The Morgan fingerprint density at radius 2 is 1.62 bits per heavy atom. The van der Waals surface area contributed by atoms with E-state index in [2.05, 4.69) is 73.8 Å². The monoisotopic (exact) mass is 831 g/mol. The first kappa shape index (κ1) is 40.1. The van der Waals surface area contributed by atoms with Crippen LogP contribution in [0, 0.1) is 17.6 Å². The molecule has 3 aliphatic heterocycles. The number of nitrogens with one attached hydrogen (secondary N) is 2. The number of phenols is 1. The average molecular weight is 832 g/mol. The van der Waals surface area contributed by atoms with E-state index in [1.165, 1.54) is 10.5 Å². The Morgan fingerprint density at radius 3 is 2.36 bits per heavy atom. The van der Waals surface area contributed by atoms with Crippen molar-refractivity contribution >= 4 is 40.2 Å². The van der Waals surface area contributed by atoms with Crippen molar-refractivity contribution in [3.8, 4) is 11.5 Å². The number of amides is 4. The summed E-state index contributed by atoms with van der Waals surface area (Å²) in [5.41, 5.74) is 5.48. The molecule has 61 heavy (non-hydrogen) atoms. The van der Waals surface area contributed by atoms with Gasteiger partial charge < -0.3 is 25.0 Å². The number of halogens is 2. The molecule has 3 fully saturated rings. The number of imide groups is 1. The van der Waals surface area contributed by atoms with Crippen molar-refractivity contribution in [1.82, 2.24) is 30.2 Å². The van der Waals surface area contributed by atoms with E-state index in [1.54, 1.807) is 12.1 Å². The Hall–Kier alpha value is -6.35. The van der Waals surface area contributed by atoms with Crippen LogP contribution in [0.15, 0.2) is 79.0 Å². The lowest BCUT2D eigenvalue weighted by atomic mass is 9.86. The van der Waals surface area contributed by atoms with Crippen LogP contribution in [0.5, 0.6) is 11.5 Å². The first-order valence-electron chi connectivity index (χ1n) is 21.0. The second-order valence-electron chi connectivity index (χ2n) is 16.6. The average Bonchev–Trinajstić information content (AvgIpc) is 3.85. The van der Waals surface area contributed by atoms with Crippen LogP contribution in [0.4, 0.5) is 14.5 Å². The van der Waals surface area contributed by atoms with E-state index in [4.69, 9.17) is 9.84 Å². The minimum atomic E-state index is -1.16. The SMILES string of the molecule is O=C1CC[C@@H](N2Cc3c(OCc4ccc(CN5CCN(c6ccc7cn(C8CCC(CNC(=O)c9cc(F)c(O)c(F)c9)CC8)nc7c6)CC5)cc4)cccc3C2=O)C(=O)N1.